The smallest absolute Gasteiger partial charge is 0.169 e. The minimum Gasteiger partial charge on any atom is -0.208 e. The van der Waals surface area contributed by atoms with Gasteiger partial charge < -0.3 is 0 Å². The molecule has 4 aromatic rings. The molecule has 128 valence electrons. The van der Waals surface area contributed by atoms with E-state index in [0.29, 0.717) is 0 Å². The zero-order valence-corrected chi connectivity index (χ0v) is 15.8. The zero-order chi connectivity index (χ0) is 18.6. The van der Waals surface area contributed by atoms with Gasteiger partial charge in [0.15, 0.2) is 24.8 Å². The van der Waals surface area contributed by atoms with Crippen molar-refractivity contribution in [2.24, 2.45) is 14.1 Å². The Hall–Kier alpha value is -3.54. The van der Waals surface area contributed by atoms with E-state index in [1.165, 1.54) is 11.7 Å². The third kappa shape index (κ3) is 3.84. The van der Waals surface area contributed by atoms with Crippen LogP contribution in [0.1, 0.15) is 22.3 Å². The molecule has 0 saturated heterocycles. The van der Waals surface area contributed by atoms with E-state index in [1.54, 1.807) is 0 Å². The lowest BCUT2D eigenvalue weighted by Crippen LogP contribution is -2.25. The lowest BCUT2D eigenvalue weighted by Gasteiger charge is -1.96. The maximum atomic E-state index is 4.43. The van der Waals surface area contributed by atoms with Crippen molar-refractivity contribution >= 4 is 22.8 Å². The van der Waals surface area contributed by atoms with Gasteiger partial charge in [-0.2, -0.15) is 8.75 Å². The van der Waals surface area contributed by atoms with Gasteiger partial charge in [0, 0.05) is 35.4 Å². The van der Waals surface area contributed by atoms with E-state index in [4.69, 9.17) is 0 Å². The summed E-state index contributed by atoms with van der Waals surface area (Å²) in [6.45, 7) is 0. The third-order valence-corrected chi connectivity index (χ3v) is 4.58. The van der Waals surface area contributed by atoms with Crippen LogP contribution in [0.4, 0.5) is 0 Å². The summed E-state index contributed by atoms with van der Waals surface area (Å²) in [6.07, 6.45) is 7.91. The minimum atomic E-state index is 0.806. The highest BCUT2D eigenvalue weighted by Crippen LogP contribution is 2.20. The summed E-state index contributed by atoms with van der Waals surface area (Å²) in [7, 11) is 3.97. The molecule has 4 rings (SSSR count). The summed E-state index contributed by atoms with van der Waals surface area (Å²) >= 11 is 1.19. The maximum Gasteiger partial charge on any atom is 0.169 e. The topological polar surface area (TPSA) is 33.5 Å². The molecule has 3 heterocycles. The predicted octanol–water partition coefficient (Wildman–Crippen LogP) is 2.14. The fourth-order valence-electron chi connectivity index (χ4n) is 2.52. The molecule has 0 saturated carbocycles. The number of fused-ring (bicyclic) bond motifs is 1. The number of hydrogen-bond donors (Lipinski definition) is 0. The van der Waals surface area contributed by atoms with Gasteiger partial charge >= 0.3 is 0 Å². The molecule has 0 unspecified atom stereocenters. The molecule has 3 aromatic heterocycles. The van der Waals surface area contributed by atoms with Crippen LogP contribution in [0.3, 0.4) is 0 Å². The van der Waals surface area contributed by atoms with E-state index in [0.717, 1.165) is 33.3 Å². The molecule has 0 aliphatic heterocycles. The van der Waals surface area contributed by atoms with Crippen LogP contribution in [-0.4, -0.2) is 8.75 Å². The SMILES string of the molecule is C[n+]1ccc(C#Cc2ccc(C#Cc3cc[n+](C)cc3)c3nsnc23)cc1. The van der Waals surface area contributed by atoms with Crippen molar-refractivity contribution in [3.63, 3.8) is 0 Å². The molecule has 0 aliphatic carbocycles. The Kier molecular flexibility index (Phi) is 4.61. The van der Waals surface area contributed by atoms with Gasteiger partial charge in [0.2, 0.25) is 0 Å². The van der Waals surface area contributed by atoms with Crippen LogP contribution in [0, 0.1) is 23.7 Å². The maximum absolute atomic E-state index is 4.43. The lowest BCUT2D eigenvalue weighted by atomic mass is 10.1. The van der Waals surface area contributed by atoms with E-state index < -0.39 is 0 Å². The molecule has 0 N–H and O–H groups in total. The molecule has 27 heavy (non-hydrogen) atoms. The first-order valence-corrected chi connectivity index (χ1v) is 9.12. The molecular weight excluding hydrogens is 352 g/mol. The van der Waals surface area contributed by atoms with Crippen LogP contribution < -0.4 is 9.13 Å². The molecular formula is C22H16N4S+2. The molecule has 1 aromatic carbocycles. The molecule has 0 bridgehead atoms. The summed E-state index contributed by atoms with van der Waals surface area (Å²) in [5.41, 5.74) is 5.27. The Morgan fingerprint density at radius 1 is 0.630 bits per heavy atom. The van der Waals surface area contributed by atoms with Crippen molar-refractivity contribution in [3.8, 4) is 23.7 Å². The Labute approximate surface area is 162 Å². The molecule has 0 atom stereocenters. The van der Waals surface area contributed by atoms with Crippen LogP contribution in [0.25, 0.3) is 11.0 Å². The molecule has 5 heteroatoms. The fourth-order valence-corrected chi connectivity index (χ4v) is 3.09. The minimum absolute atomic E-state index is 0.806. The second kappa shape index (κ2) is 7.37. The van der Waals surface area contributed by atoms with Gasteiger partial charge in [-0.3, -0.25) is 0 Å². The number of aryl methyl sites for hydroxylation is 2. The second-order valence-corrected chi connectivity index (χ2v) is 6.66. The highest BCUT2D eigenvalue weighted by Gasteiger charge is 2.08. The van der Waals surface area contributed by atoms with E-state index in [-0.39, 0.29) is 0 Å². The Morgan fingerprint density at radius 3 is 1.44 bits per heavy atom. The van der Waals surface area contributed by atoms with Crippen LogP contribution in [0.15, 0.2) is 61.2 Å². The van der Waals surface area contributed by atoms with Crippen LogP contribution >= 0.6 is 11.7 Å². The average Bonchev–Trinajstić information content (AvgIpc) is 3.18. The summed E-state index contributed by atoms with van der Waals surface area (Å²) in [5.74, 6) is 12.8. The van der Waals surface area contributed by atoms with Crippen molar-refractivity contribution in [2.45, 2.75) is 0 Å². The van der Waals surface area contributed by atoms with E-state index in [1.807, 2.05) is 84.4 Å². The molecule has 0 fully saturated rings. The quantitative estimate of drug-likeness (QED) is 0.352. The third-order valence-electron chi connectivity index (χ3n) is 4.06. The first kappa shape index (κ1) is 16.9. The summed E-state index contributed by atoms with van der Waals surface area (Å²) < 4.78 is 12.8. The standard InChI is InChI=1S/C22H16N4S/c1-25-13-9-17(10-14-25)3-5-19-7-8-20(22-21(19)23-27-24-22)6-4-18-11-15-26(2)16-12-18/h7-16H,1-2H3/q+2. The van der Waals surface area contributed by atoms with Crippen molar-refractivity contribution in [1.82, 2.24) is 8.75 Å². The molecule has 4 nitrogen and oxygen atoms in total. The van der Waals surface area contributed by atoms with Gasteiger partial charge in [0.05, 0.1) is 22.9 Å². The number of benzene rings is 1. The van der Waals surface area contributed by atoms with Crippen molar-refractivity contribution in [2.75, 3.05) is 0 Å². The highest BCUT2D eigenvalue weighted by atomic mass is 32.1. The Balaban J connectivity index is 1.69. The first-order valence-electron chi connectivity index (χ1n) is 8.39. The van der Waals surface area contributed by atoms with E-state index in [2.05, 4.69) is 32.4 Å². The predicted molar refractivity (Wildman–Crippen MR) is 105 cm³/mol. The Morgan fingerprint density at radius 2 is 1.04 bits per heavy atom. The van der Waals surface area contributed by atoms with Crippen LogP contribution in [0.5, 0.6) is 0 Å². The summed E-state index contributed by atoms with van der Waals surface area (Å²) in [6, 6.07) is 11.9. The average molecular weight is 368 g/mol. The normalized spacial score (nSPS) is 10.0. The zero-order valence-electron chi connectivity index (χ0n) is 15.0. The summed E-state index contributed by atoms with van der Waals surface area (Å²) in [5, 5.41) is 0. The number of pyridine rings is 2. The van der Waals surface area contributed by atoms with Gasteiger partial charge in [-0.25, -0.2) is 9.13 Å². The van der Waals surface area contributed by atoms with E-state index >= 15 is 0 Å². The van der Waals surface area contributed by atoms with Crippen molar-refractivity contribution in [1.29, 1.82) is 0 Å². The number of rotatable bonds is 0. The van der Waals surface area contributed by atoms with Gasteiger partial charge in [0.25, 0.3) is 0 Å². The van der Waals surface area contributed by atoms with Crippen molar-refractivity contribution in [3.05, 3.63) is 83.4 Å². The van der Waals surface area contributed by atoms with Crippen molar-refractivity contribution < 1.29 is 9.13 Å². The molecule has 0 amide bonds. The van der Waals surface area contributed by atoms with Gasteiger partial charge in [0.1, 0.15) is 25.1 Å². The number of nitrogens with zero attached hydrogens (tertiary/aromatic N) is 4. The highest BCUT2D eigenvalue weighted by molar-refractivity contribution is 7.00. The largest absolute Gasteiger partial charge is 0.208 e. The van der Waals surface area contributed by atoms with Crippen LogP contribution in [0.2, 0.25) is 0 Å². The summed E-state index contributed by atoms with van der Waals surface area (Å²) in [4.78, 5) is 0. The van der Waals surface area contributed by atoms with Gasteiger partial charge in [-0.15, -0.1) is 0 Å². The van der Waals surface area contributed by atoms with E-state index in [9.17, 15) is 0 Å². The monoisotopic (exact) mass is 368 g/mol. The molecule has 0 aliphatic rings. The molecule has 0 radical (unpaired) electrons. The van der Waals surface area contributed by atoms with Crippen LogP contribution in [-0.2, 0) is 14.1 Å². The first-order chi connectivity index (χ1) is 13.2. The Bertz CT molecular complexity index is 1130. The van der Waals surface area contributed by atoms with Gasteiger partial charge in [-0.05, 0) is 12.1 Å². The number of hydrogen-bond acceptors (Lipinski definition) is 3. The fraction of sp³-hybridized carbons (Fsp3) is 0.0909. The lowest BCUT2D eigenvalue weighted by molar-refractivity contribution is -0.671. The molecule has 0 spiro atoms. The number of aromatic nitrogens is 4. The second-order valence-electron chi connectivity index (χ2n) is 6.13. The van der Waals surface area contributed by atoms with Gasteiger partial charge in [-0.1, -0.05) is 23.7 Å².